The lowest BCUT2D eigenvalue weighted by Gasteiger charge is -2.42. The third-order valence-corrected chi connectivity index (χ3v) is 14.0. The summed E-state index contributed by atoms with van der Waals surface area (Å²) in [5.74, 6) is -0.898. The predicted molar refractivity (Wildman–Crippen MR) is 294 cm³/mol. The zero-order valence-corrected chi connectivity index (χ0v) is 46.0. The number of carbonyl (C=O) groups is 3. The maximum absolute atomic E-state index is 14.6. The Kier molecular flexibility index (Phi) is 22.3. The number of hydrogen-bond donors (Lipinski definition) is 3. The molecule has 5 atom stereocenters. The Hall–Kier alpha value is -2.90. The highest BCUT2D eigenvalue weighted by Gasteiger charge is 2.42. The maximum atomic E-state index is 14.6. The van der Waals surface area contributed by atoms with E-state index in [9.17, 15) is 19.5 Å². The number of anilines is 1. The Bertz CT molecular complexity index is 2330. The van der Waals surface area contributed by atoms with E-state index in [1.165, 1.54) is 21.2 Å². The molecule has 4 aliphatic rings. The lowest BCUT2D eigenvalue weighted by atomic mass is 9.84. The number of likely N-dealkylation sites (N-methyl/N-ethyl adjacent to an activating group) is 1. The molecule has 0 spiro atoms. The third-order valence-electron chi connectivity index (χ3n) is 13.1. The van der Waals surface area contributed by atoms with Gasteiger partial charge in [0.25, 0.3) is 5.91 Å². The van der Waals surface area contributed by atoms with Crippen LogP contribution in [0.4, 0.5) is 10.5 Å². The predicted octanol–water partition coefficient (Wildman–Crippen LogP) is 5.71. The summed E-state index contributed by atoms with van der Waals surface area (Å²) >= 11 is 1.37. The summed E-state index contributed by atoms with van der Waals surface area (Å²) in [6.45, 7) is 15.7. The highest BCUT2D eigenvalue weighted by Crippen LogP contribution is 2.43. The molecular weight excluding hydrogens is 983 g/mol. The molecule has 380 valence electrons. The minimum atomic E-state index is -1.19. The average molecular weight is 1060 g/mol. The van der Waals surface area contributed by atoms with Crippen LogP contribution in [0.5, 0.6) is 0 Å². The number of nitrogens with zero attached hydrogens (tertiary/aromatic N) is 7. The number of aliphatic hydroxyl groups excluding tert-OH is 1. The van der Waals surface area contributed by atoms with Crippen LogP contribution in [0.3, 0.4) is 0 Å². The molecule has 16 nitrogen and oxygen atoms in total. The number of cyclic esters (lactones) is 1. The fourth-order valence-corrected chi connectivity index (χ4v) is 10.2. The number of benzene rings is 1. The molecule has 4 aromatic rings. The molecule has 0 radical (unpaired) electrons. The summed E-state index contributed by atoms with van der Waals surface area (Å²) in [5, 5.41) is 17.8. The number of piperazine rings is 1. The van der Waals surface area contributed by atoms with Crippen molar-refractivity contribution >= 4 is 113 Å². The summed E-state index contributed by atoms with van der Waals surface area (Å²) in [6, 6.07) is 5.94. The molecule has 3 amide bonds. The molecule has 3 saturated heterocycles. The van der Waals surface area contributed by atoms with Gasteiger partial charge < -0.3 is 43.9 Å². The summed E-state index contributed by atoms with van der Waals surface area (Å²) < 4.78 is 20.8. The van der Waals surface area contributed by atoms with E-state index in [4.69, 9.17) is 24.2 Å². The number of nitrogens with one attached hydrogen (secondary N) is 2. The molecule has 1 aromatic carbocycles. The number of thiazole rings is 1. The quantitative estimate of drug-likeness (QED) is 0.175. The Labute approximate surface area is 439 Å². The van der Waals surface area contributed by atoms with Crippen molar-refractivity contribution < 1.29 is 33.7 Å². The fraction of sp³-hybridized carbons (Fsp3) is 0.587. The number of fused-ring (bicyclic) bond motifs is 6. The van der Waals surface area contributed by atoms with Crippen LogP contribution < -0.4 is 15.6 Å². The Morgan fingerprint density at radius 1 is 1.04 bits per heavy atom. The van der Waals surface area contributed by atoms with Gasteiger partial charge in [0, 0.05) is 92.4 Å². The van der Waals surface area contributed by atoms with Crippen molar-refractivity contribution in [2.45, 2.75) is 97.2 Å². The van der Waals surface area contributed by atoms with Crippen LogP contribution in [-0.4, -0.2) is 144 Å². The number of aromatic nitrogens is 3. The first-order valence-electron chi connectivity index (χ1n) is 22.5. The number of rotatable bonds is 9. The van der Waals surface area contributed by atoms with Gasteiger partial charge in [-0.3, -0.25) is 19.6 Å². The Morgan fingerprint density at radius 2 is 1.78 bits per heavy atom. The van der Waals surface area contributed by atoms with E-state index < -0.39 is 41.5 Å². The van der Waals surface area contributed by atoms with Gasteiger partial charge in [0.15, 0.2) is 0 Å². The van der Waals surface area contributed by atoms with Crippen LogP contribution >= 0.6 is 78.8 Å². The first-order chi connectivity index (χ1) is 30.3. The Balaban J connectivity index is 0.00000245. The number of hydrogen-bond acceptors (Lipinski definition) is 13. The second-order valence-electron chi connectivity index (χ2n) is 18.1. The summed E-state index contributed by atoms with van der Waals surface area (Å²) in [7, 11) is 3.87. The average Bonchev–Trinajstić information content (AvgIpc) is 3.88. The largest absolute Gasteiger partial charge is 0.464 e. The van der Waals surface area contributed by atoms with Crippen molar-refractivity contribution in [3.05, 3.63) is 52.1 Å². The second kappa shape index (κ2) is 25.5. The Morgan fingerprint density at radius 3 is 2.43 bits per heavy atom. The number of aryl methyl sites for hydroxylation is 1. The number of urea groups is 1. The number of amides is 3. The van der Waals surface area contributed by atoms with Gasteiger partial charge >= 0.3 is 12.0 Å². The van der Waals surface area contributed by atoms with Gasteiger partial charge in [-0.05, 0) is 77.3 Å². The molecule has 7 heterocycles. The van der Waals surface area contributed by atoms with Gasteiger partial charge in [0.2, 0.25) is 0 Å². The summed E-state index contributed by atoms with van der Waals surface area (Å²) in [6.07, 6.45) is 3.03. The van der Waals surface area contributed by atoms with Crippen molar-refractivity contribution in [1.82, 2.24) is 40.1 Å². The van der Waals surface area contributed by atoms with Crippen LogP contribution in [-0.2, 0) is 36.8 Å². The molecule has 68 heavy (non-hydrogen) atoms. The standard InChI is InChI=1S/C46H63N9O7S.5H2S/c1-8-53-37-13-12-29-21-32(37)34(40(53)33-22-31(24-47-38(33)28(3)60-7)52-19-17-51(6)18-20-52)23-46(4,5)27-62-44(58)35-11-10-15-55(50-35)43(57)39(49-45(59)54-16-14-30(54)25-56)41(61-9-2)42-48-36(29)26-63-42;;;;;/h12-13,21-22,24,26,28,30,35,39,41,50,56H,8-11,14-20,23,25,27H2,1-7H3,(H,49,59);5*1H2/t28-,30-,35-,39-,41-;;;;;/m0...../s1. The molecular formula is C46H73N9O7S6. The van der Waals surface area contributed by atoms with Crippen molar-refractivity contribution in [1.29, 1.82) is 0 Å². The van der Waals surface area contributed by atoms with E-state index in [0.29, 0.717) is 50.3 Å². The molecule has 6 bridgehead atoms. The molecule has 22 heteroatoms. The van der Waals surface area contributed by atoms with Gasteiger partial charge in [-0.25, -0.2) is 15.2 Å². The minimum Gasteiger partial charge on any atom is -0.464 e. The van der Waals surface area contributed by atoms with Crippen LogP contribution in [0.25, 0.3) is 33.4 Å². The number of esters is 1. The molecule has 8 rings (SSSR count). The number of pyridine rings is 1. The lowest BCUT2D eigenvalue weighted by molar-refractivity contribution is -0.156. The van der Waals surface area contributed by atoms with E-state index in [1.54, 1.807) is 7.11 Å². The minimum absolute atomic E-state index is 0. The molecule has 0 aliphatic carbocycles. The van der Waals surface area contributed by atoms with Crippen LogP contribution in [0, 0.1) is 5.41 Å². The zero-order chi connectivity index (χ0) is 44.6. The number of ether oxygens (including phenoxy) is 3. The second-order valence-corrected chi connectivity index (χ2v) is 18.9. The molecule has 3 N–H and O–H groups in total. The van der Waals surface area contributed by atoms with E-state index in [-0.39, 0.29) is 99.4 Å². The maximum Gasteiger partial charge on any atom is 0.324 e. The normalized spacial score (nSPS) is 22.1. The smallest absolute Gasteiger partial charge is 0.324 e. The van der Waals surface area contributed by atoms with Gasteiger partial charge in [0.05, 0.1) is 54.3 Å². The van der Waals surface area contributed by atoms with Crippen molar-refractivity contribution in [2.24, 2.45) is 5.41 Å². The van der Waals surface area contributed by atoms with Gasteiger partial charge in [-0.2, -0.15) is 67.5 Å². The monoisotopic (exact) mass is 1060 g/mol. The van der Waals surface area contributed by atoms with E-state index in [0.717, 1.165) is 76.5 Å². The number of hydrazine groups is 1. The first-order valence-corrected chi connectivity index (χ1v) is 23.3. The molecule has 4 aliphatic heterocycles. The van der Waals surface area contributed by atoms with Crippen molar-refractivity contribution in [2.75, 3.05) is 78.1 Å². The van der Waals surface area contributed by atoms with Crippen LogP contribution in [0.2, 0.25) is 0 Å². The van der Waals surface area contributed by atoms with E-state index >= 15 is 0 Å². The van der Waals surface area contributed by atoms with Gasteiger partial charge in [-0.15, -0.1) is 11.3 Å². The summed E-state index contributed by atoms with van der Waals surface area (Å²) in [5.41, 5.74) is 10.4. The SMILES string of the molecule is CCO[C@@H]1c2nc(cs2)-c2ccc3c(c2)c(c(-c2cc(N4CCN(C)CC4)cnc2[C@H](C)OC)n3CC)CC(C)(C)COC(=O)[C@@H]2CCCN(N2)C(=O)[C@H]1NC(=O)N1CC[C@H]1CO.S.S.S.S.S. The van der Waals surface area contributed by atoms with E-state index in [2.05, 4.69) is 77.2 Å². The highest BCUT2D eigenvalue weighted by atomic mass is 32.1. The van der Waals surface area contributed by atoms with Crippen molar-refractivity contribution in [3.63, 3.8) is 0 Å². The topological polar surface area (TPSA) is 167 Å². The molecule has 3 aromatic heterocycles. The highest BCUT2D eigenvalue weighted by molar-refractivity contribution is 7.60. The number of aliphatic hydroxyl groups is 1. The molecule has 3 fully saturated rings. The zero-order valence-electron chi connectivity index (χ0n) is 40.2. The lowest BCUT2D eigenvalue weighted by Crippen LogP contribution is -2.64. The first kappa shape index (κ1) is 59.4. The van der Waals surface area contributed by atoms with Gasteiger partial charge in [-0.1, -0.05) is 19.9 Å². The van der Waals surface area contributed by atoms with E-state index in [1.807, 2.05) is 25.4 Å². The number of methoxy groups -OCH3 is 1. The van der Waals surface area contributed by atoms with Gasteiger partial charge in [0.1, 0.15) is 23.2 Å². The van der Waals surface area contributed by atoms with Crippen LogP contribution in [0.15, 0.2) is 35.8 Å². The van der Waals surface area contributed by atoms with Crippen LogP contribution in [0.1, 0.15) is 82.4 Å². The molecule has 0 saturated carbocycles. The number of likely N-dealkylation sites (tertiary alicyclic amines) is 1. The molecule has 0 unspecified atom stereocenters. The number of carbonyl (C=O) groups excluding carboxylic acids is 3. The fourth-order valence-electron chi connectivity index (χ4n) is 9.33. The van der Waals surface area contributed by atoms with Crippen molar-refractivity contribution in [3.8, 4) is 22.5 Å². The summed E-state index contributed by atoms with van der Waals surface area (Å²) in [4.78, 5) is 58.9. The third kappa shape index (κ3) is 12.2.